The summed E-state index contributed by atoms with van der Waals surface area (Å²) < 4.78 is 31.7. The Morgan fingerprint density at radius 1 is 0.912 bits per heavy atom. The van der Waals surface area contributed by atoms with Crippen LogP contribution in [0.4, 0.5) is 4.39 Å². The molecular weight excluding hydrogens is 455 g/mol. The molecule has 1 atom stereocenters. The Labute approximate surface area is 199 Å². The fraction of sp³-hybridized carbons (Fsp3) is 0.154. The van der Waals surface area contributed by atoms with Gasteiger partial charge < -0.3 is 15.4 Å². The first-order chi connectivity index (χ1) is 16.5. The van der Waals surface area contributed by atoms with Gasteiger partial charge in [0.2, 0.25) is 0 Å². The first-order valence-electron chi connectivity index (χ1n) is 10.7. The summed E-state index contributed by atoms with van der Waals surface area (Å²) in [6.45, 7) is 0.629. The Balaban J connectivity index is 1.24. The van der Waals surface area contributed by atoms with Crippen LogP contribution in [-0.4, -0.2) is 36.2 Å². The zero-order chi connectivity index (χ0) is 24.1. The van der Waals surface area contributed by atoms with Crippen molar-refractivity contribution in [3.05, 3.63) is 88.6 Å². The number of methoxy groups -OCH3 is 1. The van der Waals surface area contributed by atoms with Crippen LogP contribution in [0.1, 0.15) is 22.3 Å². The molecule has 0 fully saturated rings. The smallest absolute Gasteiger partial charge is 0.260 e. The molecule has 34 heavy (non-hydrogen) atoms. The molecule has 0 spiro atoms. The lowest BCUT2D eigenvalue weighted by molar-refractivity contribution is -0.116. The van der Waals surface area contributed by atoms with Crippen molar-refractivity contribution in [3.63, 3.8) is 0 Å². The molecule has 3 aromatic carbocycles. The minimum atomic E-state index is -1.70. The van der Waals surface area contributed by atoms with Gasteiger partial charge in [0.05, 0.1) is 22.8 Å². The first-order valence-corrected chi connectivity index (χ1v) is 11.9. The lowest BCUT2D eigenvalue weighted by Crippen LogP contribution is -2.30. The molecule has 2 N–H and O–H groups in total. The number of halogens is 1. The Bertz CT molecular complexity index is 1290. The molecule has 8 heteroatoms. The van der Waals surface area contributed by atoms with Crippen LogP contribution in [-0.2, 0) is 15.6 Å². The zero-order valence-corrected chi connectivity index (χ0v) is 19.3. The molecule has 2 amide bonds. The van der Waals surface area contributed by atoms with Crippen LogP contribution in [0.15, 0.2) is 76.5 Å². The highest BCUT2D eigenvalue weighted by atomic mass is 32.2. The van der Waals surface area contributed by atoms with E-state index in [0.717, 1.165) is 16.9 Å². The van der Waals surface area contributed by atoms with Crippen molar-refractivity contribution in [1.29, 1.82) is 0 Å². The summed E-state index contributed by atoms with van der Waals surface area (Å²) in [5, 5.41) is 5.49. The lowest BCUT2D eigenvalue weighted by Gasteiger charge is -2.10. The summed E-state index contributed by atoms with van der Waals surface area (Å²) >= 11 is 0. The second kappa shape index (κ2) is 10.4. The molecule has 0 saturated carbocycles. The number of amides is 2. The summed E-state index contributed by atoms with van der Waals surface area (Å²) in [5.41, 5.74) is 2.60. The molecule has 0 aromatic heterocycles. The fourth-order valence-corrected chi connectivity index (χ4v) is 4.90. The number of hydrogen-bond donors (Lipinski definition) is 2. The number of rotatable bonds is 8. The van der Waals surface area contributed by atoms with Crippen LogP contribution in [0.25, 0.3) is 17.2 Å². The molecule has 6 nitrogen and oxygen atoms in total. The van der Waals surface area contributed by atoms with Crippen molar-refractivity contribution in [2.75, 3.05) is 20.2 Å². The van der Waals surface area contributed by atoms with Gasteiger partial charge in [0, 0.05) is 29.8 Å². The minimum absolute atomic E-state index is 0.0271. The van der Waals surface area contributed by atoms with Gasteiger partial charge in [-0.05, 0) is 48.4 Å². The third kappa shape index (κ3) is 4.92. The number of hydrogen-bond acceptors (Lipinski definition) is 4. The van der Waals surface area contributed by atoms with E-state index in [4.69, 9.17) is 4.74 Å². The van der Waals surface area contributed by atoms with Gasteiger partial charge in [0.15, 0.2) is 0 Å². The fourth-order valence-electron chi connectivity index (χ4n) is 3.64. The standard InChI is InChI=1S/C26H23FN2O4S/c1-33-22-8-3-2-6-19(22)17-10-12-18(13-11-17)25(30)28-14-5-15-29-26(31)24-16-20-21(27)7-4-9-23(20)34(24)32/h2-4,6-13,16H,5,14-15H2,1H3,(H,28,30)(H,29,31). The lowest BCUT2D eigenvalue weighted by atomic mass is 10.0. The van der Waals surface area contributed by atoms with Crippen molar-refractivity contribution >= 4 is 28.7 Å². The third-order valence-electron chi connectivity index (χ3n) is 5.40. The Hall–Kier alpha value is -3.78. The Morgan fingerprint density at radius 2 is 1.62 bits per heavy atom. The predicted octanol–water partition coefficient (Wildman–Crippen LogP) is 3.90. The van der Waals surface area contributed by atoms with E-state index in [9.17, 15) is 18.2 Å². The number of carbonyl (C=O) groups is 2. The van der Waals surface area contributed by atoms with Gasteiger partial charge in [-0.2, -0.15) is 0 Å². The number of nitrogens with one attached hydrogen (secondary N) is 2. The van der Waals surface area contributed by atoms with Gasteiger partial charge in [0.25, 0.3) is 11.8 Å². The minimum Gasteiger partial charge on any atom is -0.496 e. The van der Waals surface area contributed by atoms with Gasteiger partial charge in [-0.1, -0.05) is 36.4 Å². The topological polar surface area (TPSA) is 84.5 Å². The number of para-hydroxylation sites is 1. The van der Waals surface area contributed by atoms with Crippen molar-refractivity contribution in [3.8, 4) is 16.9 Å². The monoisotopic (exact) mass is 478 g/mol. The highest BCUT2D eigenvalue weighted by molar-refractivity contribution is 7.90. The predicted molar refractivity (Wildman–Crippen MR) is 129 cm³/mol. The molecule has 0 saturated heterocycles. The van der Waals surface area contributed by atoms with Crippen LogP contribution < -0.4 is 15.4 Å². The normalized spacial score (nSPS) is 14.2. The quantitative estimate of drug-likeness (QED) is 0.481. The number of fused-ring (bicyclic) bond motifs is 1. The SMILES string of the molecule is COc1ccccc1-c1ccc(C(=O)NCCCNC(=O)C2=Cc3c(F)cccc3S2=O)cc1. The van der Waals surface area contributed by atoms with Gasteiger partial charge >= 0.3 is 0 Å². The van der Waals surface area contributed by atoms with Crippen molar-refractivity contribution < 1.29 is 22.9 Å². The van der Waals surface area contributed by atoms with Crippen LogP contribution in [0.5, 0.6) is 5.75 Å². The van der Waals surface area contributed by atoms with Crippen LogP contribution in [0, 0.1) is 5.82 Å². The van der Waals surface area contributed by atoms with E-state index in [2.05, 4.69) is 10.6 Å². The van der Waals surface area contributed by atoms with Crippen molar-refractivity contribution in [2.45, 2.75) is 11.3 Å². The van der Waals surface area contributed by atoms with E-state index in [0.29, 0.717) is 23.4 Å². The van der Waals surface area contributed by atoms with E-state index in [1.54, 1.807) is 25.3 Å². The van der Waals surface area contributed by atoms with E-state index >= 15 is 0 Å². The average molecular weight is 479 g/mol. The molecule has 1 aliphatic rings. The second-order valence-electron chi connectivity index (χ2n) is 7.57. The zero-order valence-electron chi connectivity index (χ0n) is 18.5. The molecule has 1 unspecified atom stereocenters. The van der Waals surface area contributed by atoms with Gasteiger partial charge in [-0.3, -0.25) is 9.59 Å². The molecule has 1 heterocycles. The summed E-state index contributed by atoms with van der Waals surface area (Å²) in [6.07, 6.45) is 1.81. The summed E-state index contributed by atoms with van der Waals surface area (Å²) in [4.78, 5) is 25.1. The summed E-state index contributed by atoms with van der Waals surface area (Å²) in [7, 11) is -0.0851. The maximum Gasteiger partial charge on any atom is 0.260 e. The summed E-state index contributed by atoms with van der Waals surface area (Å²) in [6, 6.07) is 19.2. The van der Waals surface area contributed by atoms with E-state index < -0.39 is 22.5 Å². The highest BCUT2D eigenvalue weighted by Gasteiger charge is 2.28. The molecule has 174 valence electrons. The van der Waals surface area contributed by atoms with Gasteiger partial charge in [-0.25, -0.2) is 8.60 Å². The first kappa shape index (κ1) is 23.4. The third-order valence-corrected chi connectivity index (χ3v) is 6.86. The molecule has 0 radical (unpaired) electrons. The molecular formula is C26H23FN2O4S. The average Bonchev–Trinajstić information content (AvgIpc) is 3.21. The van der Waals surface area contributed by atoms with Crippen LogP contribution in [0.2, 0.25) is 0 Å². The number of carbonyl (C=O) groups excluding carboxylic acids is 2. The molecule has 4 rings (SSSR count). The van der Waals surface area contributed by atoms with Crippen molar-refractivity contribution in [1.82, 2.24) is 10.6 Å². The van der Waals surface area contributed by atoms with Crippen LogP contribution in [0.3, 0.4) is 0 Å². The van der Waals surface area contributed by atoms with E-state index in [1.165, 1.54) is 18.2 Å². The largest absolute Gasteiger partial charge is 0.496 e. The number of benzene rings is 3. The molecule has 1 aliphatic heterocycles. The summed E-state index contributed by atoms with van der Waals surface area (Å²) in [5.74, 6) is -0.476. The van der Waals surface area contributed by atoms with Gasteiger partial charge in [-0.15, -0.1) is 0 Å². The maximum atomic E-state index is 13.9. The van der Waals surface area contributed by atoms with Crippen molar-refractivity contribution in [2.24, 2.45) is 0 Å². The van der Waals surface area contributed by atoms with E-state index in [-0.39, 0.29) is 22.9 Å². The van der Waals surface area contributed by atoms with Crippen LogP contribution >= 0.6 is 0 Å². The molecule has 3 aromatic rings. The Morgan fingerprint density at radius 3 is 2.32 bits per heavy atom. The van der Waals surface area contributed by atoms with E-state index in [1.807, 2.05) is 36.4 Å². The Kier molecular flexibility index (Phi) is 7.18. The highest BCUT2D eigenvalue weighted by Crippen LogP contribution is 2.31. The molecule has 0 aliphatic carbocycles. The molecule has 0 bridgehead atoms. The number of ether oxygens (including phenoxy) is 1. The second-order valence-corrected chi connectivity index (χ2v) is 8.99. The maximum absolute atomic E-state index is 13.9. The van der Waals surface area contributed by atoms with Gasteiger partial charge in [0.1, 0.15) is 16.5 Å².